The van der Waals surface area contributed by atoms with Crippen LogP contribution < -0.4 is 5.32 Å². The second kappa shape index (κ2) is 6.66. The van der Waals surface area contributed by atoms with Crippen LogP contribution in [0, 0.1) is 11.3 Å². The second-order valence-electron chi connectivity index (χ2n) is 4.53. The lowest BCUT2D eigenvalue weighted by Crippen LogP contribution is -2.30. The number of hydrogen-bond acceptors (Lipinski definition) is 4. The molecule has 0 aliphatic carbocycles. The first-order valence-electron chi connectivity index (χ1n) is 6.88. The van der Waals surface area contributed by atoms with Gasteiger partial charge in [-0.2, -0.15) is 10.4 Å². The van der Waals surface area contributed by atoms with Crippen LogP contribution >= 0.6 is 0 Å². The molecule has 1 aromatic heterocycles. The molecule has 0 aliphatic heterocycles. The topological polar surface area (TPSA) is 83.6 Å². The Morgan fingerprint density at radius 3 is 2.86 bits per heavy atom. The molecule has 1 aromatic carbocycles. The molecule has 0 bridgehead atoms. The maximum atomic E-state index is 12.4. The molecule has 0 radical (unpaired) electrons. The number of benzene rings is 1. The number of amides is 1. The van der Waals surface area contributed by atoms with Gasteiger partial charge in [-0.15, -0.1) is 0 Å². The standard InChI is InChI=1S/C15H17N5O/c1-3-13(14-17-10-18-20(14)4-2)19-15(21)12-8-6-5-7-11(12)9-16/h5-8,10,13H,3-4H2,1-2H3,(H,19,21)/t13-/m1/s1. The maximum Gasteiger partial charge on any atom is 0.253 e. The quantitative estimate of drug-likeness (QED) is 0.910. The van der Waals surface area contributed by atoms with Crippen molar-refractivity contribution in [1.82, 2.24) is 20.1 Å². The smallest absolute Gasteiger partial charge is 0.253 e. The summed E-state index contributed by atoms with van der Waals surface area (Å²) in [7, 11) is 0. The van der Waals surface area contributed by atoms with Crippen molar-refractivity contribution in [2.24, 2.45) is 0 Å². The van der Waals surface area contributed by atoms with E-state index in [-0.39, 0.29) is 11.9 Å². The minimum absolute atomic E-state index is 0.230. The number of aromatic nitrogens is 3. The maximum absolute atomic E-state index is 12.4. The van der Waals surface area contributed by atoms with Gasteiger partial charge in [0.2, 0.25) is 0 Å². The molecule has 0 saturated carbocycles. The molecule has 6 heteroatoms. The molecule has 0 spiro atoms. The summed E-state index contributed by atoms with van der Waals surface area (Å²) in [5, 5.41) is 16.1. The average Bonchev–Trinajstić information content (AvgIpc) is 3.00. The van der Waals surface area contributed by atoms with Gasteiger partial charge in [0.05, 0.1) is 23.2 Å². The summed E-state index contributed by atoms with van der Waals surface area (Å²) in [6.07, 6.45) is 2.18. The Labute approximate surface area is 123 Å². The Kier molecular flexibility index (Phi) is 4.67. The van der Waals surface area contributed by atoms with Crippen molar-refractivity contribution in [3.05, 3.63) is 47.5 Å². The van der Waals surface area contributed by atoms with Crippen LogP contribution in [0.15, 0.2) is 30.6 Å². The summed E-state index contributed by atoms with van der Waals surface area (Å²) in [6.45, 7) is 4.63. The zero-order valence-electron chi connectivity index (χ0n) is 12.1. The van der Waals surface area contributed by atoms with Gasteiger partial charge in [-0.3, -0.25) is 4.79 Å². The fraction of sp³-hybridized carbons (Fsp3) is 0.333. The van der Waals surface area contributed by atoms with Crippen LogP contribution in [0.2, 0.25) is 0 Å². The van der Waals surface area contributed by atoms with Gasteiger partial charge in [0, 0.05) is 6.54 Å². The predicted molar refractivity (Wildman–Crippen MR) is 77.4 cm³/mol. The van der Waals surface area contributed by atoms with Crippen molar-refractivity contribution in [2.45, 2.75) is 32.9 Å². The highest BCUT2D eigenvalue weighted by Gasteiger charge is 2.20. The van der Waals surface area contributed by atoms with Crippen molar-refractivity contribution < 1.29 is 4.79 Å². The normalized spacial score (nSPS) is 11.7. The van der Waals surface area contributed by atoms with Crippen LogP contribution in [-0.4, -0.2) is 20.7 Å². The van der Waals surface area contributed by atoms with Gasteiger partial charge in [0.15, 0.2) is 0 Å². The summed E-state index contributed by atoms with van der Waals surface area (Å²) in [6, 6.07) is 8.55. The van der Waals surface area contributed by atoms with Crippen LogP contribution in [0.25, 0.3) is 0 Å². The Balaban J connectivity index is 2.23. The Bertz CT molecular complexity index is 671. The minimum Gasteiger partial charge on any atom is -0.342 e. The van der Waals surface area contributed by atoms with Crippen molar-refractivity contribution >= 4 is 5.91 Å². The molecular weight excluding hydrogens is 266 g/mol. The minimum atomic E-state index is -0.273. The van der Waals surface area contributed by atoms with E-state index in [1.807, 2.05) is 19.9 Å². The van der Waals surface area contributed by atoms with Gasteiger partial charge < -0.3 is 5.32 Å². The predicted octanol–water partition coefficient (Wildman–Crippen LogP) is 2.05. The molecule has 2 rings (SSSR count). The number of carbonyl (C=O) groups excluding carboxylic acids is 1. The molecular formula is C15H17N5O. The summed E-state index contributed by atoms with van der Waals surface area (Å²) in [5.74, 6) is 0.451. The van der Waals surface area contributed by atoms with Crippen LogP contribution in [-0.2, 0) is 6.54 Å². The van der Waals surface area contributed by atoms with Gasteiger partial charge in [-0.25, -0.2) is 9.67 Å². The first-order chi connectivity index (χ1) is 10.2. The van der Waals surface area contributed by atoms with E-state index in [0.29, 0.717) is 24.1 Å². The summed E-state index contributed by atoms with van der Waals surface area (Å²) in [5.41, 5.74) is 0.739. The molecule has 1 amide bonds. The molecule has 21 heavy (non-hydrogen) atoms. The average molecular weight is 283 g/mol. The molecule has 1 heterocycles. The van der Waals surface area contributed by atoms with E-state index in [0.717, 1.165) is 5.82 Å². The summed E-state index contributed by atoms with van der Waals surface area (Å²) >= 11 is 0. The number of carbonyl (C=O) groups is 1. The molecule has 0 saturated heterocycles. The lowest BCUT2D eigenvalue weighted by molar-refractivity contribution is 0.0932. The fourth-order valence-electron chi connectivity index (χ4n) is 2.15. The van der Waals surface area contributed by atoms with E-state index in [2.05, 4.69) is 15.4 Å². The molecule has 1 atom stereocenters. The highest BCUT2D eigenvalue weighted by atomic mass is 16.1. The molecule has 2 aromatic rings. The van der Waals surface area contributed by atoms with E-state index in [1.165, 1.54) is 6.33 Å². The van der Waals surface area contributed by atoms with E-state index in [9.17, 15) is 4.79 Å². The Hall–Kier alpha value is -2.68. The number of aryl methyl sites for hydroxylation is 1. The first-order valence-corrected chi connectivity index (χ1v) is 6.88. The lowest BCUT2D eigenvalue weighted by atomic mass is 10.1. The van der Waals surface area contributed by atoms with Crippen molar-refractivity contribution in [1.29, 1.82) is 5.26 Å². The van der Waals surface area contributed by atoms with Crippen LogP contribution in [0.4, 0.5) is 0 Å². The van der Waals surface area contributed by atoms with Gasteiger partial charge in [-0.1, -0.05) is 19.1 Å². The number of nitriles is 1. The summed E-state index contributed by atoms with van der Waals surface area (Å²) in [4.78, 5) is 16.6. The zero-order chi connectivity index (χ0) is 15.2. The third kappa shape index (κ3) is 3.08. The van der Waals surface area contributed by atoms with Gasteiger partial charge in [-0.05, 0) is 25.5 Å². The van der Waals surface area contributed by atoms with E-state index < -0.39 is 0 Å². The highest BCUT2D eigenvalue weighted by molar-refractivity contribution is 5.96. The highest BCUT2D eigenvalue weighted by Crippen LogP contribution is 2.16. The van der Waals surface area contributed by atoms with Crippen LogP contribution in [0.1, 0.15) is 48.1 Å². The molecule has 0 unspecified atom stereocenters. The molecule has 0 fully saturated rings. The van der Waals surface area contributed by atoms with Gasteiger partial charge in [0.25, 0.3) is 5.91 Å². The third-order valence-corrected chi connectivity index (χ3v) is 3.26. The molecule has 6 nitrogen and oxygen atoms in total. The summed E-state index contributed by atoms with van der Waals surface area (Å²) < 4.78 is 1.75. The number of hydrogen-bond donors (Lipinski definition) is 1. The molecule has 108 valence electrons. The number of nitrogens with one attached hydrogen (secondary N) is 1. The Morgan fingerprint density at radius 2 is 2.19 bits per heavy atom. The van der Waals surface area contributed by atoms with E-state index in [1.54, 1.807) is 28.9 Å². The third-order valence-electron chi connectivity index (χ3n) is 3.26. The molecule has 0 aliphatic rings. The zero-order valence-corrected chi connectivity index (χ0v) is 12.1. The van der Waals surface area contributed by atoms with Gasteiger partial charge >= 0.3 is 0 Å². The van der Waals surface area contributed by atoms with Crippen LogP contribution in [0.5, 0.6) is 0 Å². The Morgan fingerprint density at radius 1 is 1.43 bits per heavy atom. The van der Waals surface area contributed by atoms with Crippen molar-refractivity contribution in [3.63, 3.8) is 0 Å². The lowest BCUT2D eigenvalue weighted by Gasteiger charge is -2.17. The second-order valence-corrected chi connectivity index (χ2v) is 4.53. The van der Waals surface area contributed by atoms with Gasteiger partial charge in [0.1, 0.15) is 12.2 Å². The molecule has 1 N–H and O–H groups in total. The van der Waals surface area contributed by atoms with E-state index >= 15 is 0 Å². The SMILES string of the molecule is CC[C@@H](NC(=O)c1ccccc1C#N)c1ncnn1CC. The van der Waals surface area contributed by atoms with E-state index in [4.69, 9.17) is 5.26 Å². The van der Waals surface area contributed by atoms with Crippen LogP contribution in [0.3, 0.4) is 0 Å². The first kappa shape index (κ1) is 14.7. The number of nitrogens with zero attached hydrogens (tertiary/aromatic N) is 4. The number of rotatable bonds is 5. The monoisotopic (exact) mass is 283 g/mol. The van der Waals surface area contributed by atoms with Crippen molar-refractivity contribution in [3.8, 4) is 6.07 Å². The largest absolute Gasteiger partial charge is 0.342 e. The van der Waals surface area contributed by atoms with Crippen molar-refractivity contribution in [2.75, 3.05) is 0 Å². The fourth-order valence-corrected chi connectivity index (χ4v) is 2.15.